The smallest absolute Gasteiger partial charge is 0.338 e. The Hall–Kier alpha value is -4.39. The maximum Gasteiger partial charge on any atom is 0.338 e. The summed E-state index contributed by atoms with van der Waals surface area (Å²) in [6.07, 6.45) is 0. The van der Waals surface area contributed by atoms with Gasteiger partial charge < -0.3 is 19.4 Å². The summed E-state index contributed by atoms with van der Waals surface area (Å²) in [4.78, 5) is 38.8. The summed E-state index contributed by atoms with van der Waals surface area (Å²) in [7, 11) is 1.35. The first-order valence-electron chi connectivity index (χ1n) is 12.2. The Bertz CT molecular complexity index is 1520. The lowest BCUT2D eigenvalue weighted by Gasteiger charge is -2.29. The van der Waals surface area contributed by atoms with Gasteiger partial charge in [0.1, 0.15) is 0 Å². The number of ketones is 1. The first-order chi connectivity index (χ1) is 17.8. The predicted molar refractivity (Wildman–Crippen MR) is 139 cm³/mol. The van der Waals surface area contributed by atoms with Crippen molar-refractivity contribution in [3.8, 4) is 5.69 Å². The number of Topliss-reactive ketones (excluding diaryl/α,β-unsaturated/α-hetero) is 1. The molecule has 2 heterocycles. The molecule has 2 aliphatic rings. The van der Waals surface area contributed by atoms with Gasteiger partial charge in [0, 0.05) is 39.5 Å². The number of carbonyl (C=O) groups is 3. The number of carbonyl (C=O) groups excluding carboxylic acids is 3. The van der Waals surface area contributed by atoms with Crippen molar-refractivity contribution in [3.63, 3.8) is 0 Å². The molecular formula is C30H28N2O5. The average molecular weight is 497 g/mol. The lowest BCUT2D eigenvalue weighted by molar-refractivity contribution is -0.136. The third-order valence-electron chi connectivity index (χ3n) is 7.07. The van der Waals surface area contributed by atoms with Crippen molar-refractivity contribution >= 4 is 23.4 Å². The predicted octanol–water partition coefficient (Wildman–Crippen LogP) is 5.01. The van der Waals surface area contributed by atoms with E-state index >= 15 is 0 Å². The van der Waals surface area contributed by atoms with E-state index in [-0.39, 0.29) is 11.8 Å². The molecule has 0 bridgehead atoms. The number of dihydropyridines is 1. The number of nitrogens with zero attached hydrogens (tertiary/aromatic N) is 1. The van der Waals surface area contributed by atoms with Crippen LogP contribution in [0.25, 0.3) is 11.4 Å². The summed E-state index contributed by atoms with van der Waals surface area (Å²) < 4.78 is 12.3. The summed E-state index contributed by atoms with van der Waals surface area (Å²) in [5.74, 6) is -1.54. The van der Waals surface area contributed by atoms with Crippen LogP contribution in [0.15, 0.2) is 71.4 Å². The molecule has 3 aromatic rings. The van der Waals surface area contributed by atoms with Crippen LogP contribution in [0.2, 0.25) is 0 Å². The number of benzene rings is 2. The summed E-state index contributed by atoms with van der Waals surface area (Å²) >= 11 is 0. The van der Waals surface area contributed by atoms with Crippen molar-refractivity contribution in [3.05, 3.63) is 105 Å². The van der Waals surface area contributed by atoms with E-state index in [1.165, 1.54) is 7.11 Å². The average Bonchev–Trinajstić information content (AvgIpc) is 3.35. The van der Waals surface area contributed by atoms with Gasteiger partial charge in [-0.25, -0.2) is 9.59 Å². The highest BCUT2D eigenvalue weighted by atomic mass is 16.5. The Morgan fingerprint density at radius 1 is 0.973 bits per heavy atom. The zero-order chi connectivity index (χ0) is 26.4. The minimum atomic E-state index is -0.595. The van der Waals surface area contributed by atoms with Gasteiger partial charge in [-0.2, -0.15) is 0 Å². The van der Waals surface area contributed by atoms with Gasteiger partial charge in [0.2, 0.25) is 0 Å². The number of methoxy groups -OCH3 is 1. The number of esters is 2. The molecule has 5 rings (SSSR count). The Kier molecular flexibility index (Phi) is 6.07. The zero-order valence-corrected chi connectivity index (χ0v) is 21.5. The Morgan fingerprint density at radius 2 is 1.65 bits per heavy atom. The van der Waals surface area contributed by atoms with Crippen molar-refractivity contribution in [2.75, 3.05) is 13.7 Å². The quantitative estimate of drug-likeness (QED) is 0.500. The molecule has 0 radical (unpaired) electrons. The van der Waals surface area contributed by atoms with E-state index in [9.17, 15) is 14.4 Å². The van der Waals surface area contributed by atoms with E-state index in [4.69, 9.17) is 9.47 Å². The second kappa shape index (κ2) is 9.24. The van der Waals surface area contributed by atoms with Crippen molar-refractivity contribution in [1.29, 1.82) is 0 Å². The van der Waals surface area contributed by atoms with Gasteiger partial charge in [0.05, 0.1) is 36.5 Å². The van der Waals surface area contributed by atoms with Gasteiger partial charge in [0.15, 0.2) is 5.78 Å². The molecule has 1 aromatic heterocycles. The fraction of sp³-hybridized carbons (Fsp3) is 0.233. The van der Waals surface area contributed by atoms with Crippen LogP contribution in [0, 0.1) is 13.8 Å². The largest absolute Gasteiger partial charge is 0.466 e. The number of aryl methyl sites for hydroxylation is 1. The van der Waals surface area contributed by atoms with Crippen molar-refractivity contribution in [2.45, 2.75) is 33.6 Å². The molecule has 7 nitrogen and oxygen atoms in total. The molecule has 37 heavy (non-hydrogen) atoms. The van der Waals surface area contributed by atoms with Crippen LogP contribution in [-0.4, -0.2) is 36.0 Å². The number of hydrogen-bond donors (Lipinski definition) is 1. The number of allylic oxidation sites excluding steroid dienone is 2. The molecule has 1 aliphatic heterocycles. The molecule has 2 aromatic carbocycles. The van der Waals surface area contributed by atoms with Crippen molar-refractivity contribution in [2.24, 2.45) is 0 Å². The molecular weight excluding hydrogens is 468 g/mol. The molecule has 0 saturated heterocycles. The Labute approximate surface area is 215 Å². The van der Waals surface area contributed by atoms with Gasteiger partial charge in [-0.15, -0.1) is 0 Å². The van der Waals surface area contributed by atoms with E-state index < -0.39 is 11.9 Å². The van der Waals surface area contributed by atoms with E-state index in [1.807, 2.05) is 63.2 Å². The topological polar surface area (TPSA) is 86.6 Å². The maximum atomic E-state index is 13.7. The highest BCUT2D eigenvalue weighted by Crippen LogP contribution is 2.48. The molecule has 0 fully saturated rings. The number of fused-ring (bicyclic) bond motifs is 2. The highest BCUT2D eigenvalue weighted by molar-refractivity contribution is 6.23. The Morgan fingerprint density at radius 3 is 2.30 bits per heavy atom. The van der Waals surface area contributed by atoms with E-state index in [1.54, 1.807) is 19.1 Å². The molecule has 0 unspecified atom stereocenters. The van der Waals surface area contributed by atoms with E-state index in [0.29, 0.717) is 34.6 Å². The monoisotopic (exact) mass is 496 g/mol. The summed E-state index contributed by atoms with van der Waals surface area (Å²) in [6, 6.07) is 16.7. The number of nitrogens with one attached hydrogen (secondary N) is 1. The molecule has 0 spiro atoms. The normalized spacial score (nSPS) is 16.4. The molecule has 0 saturated carbocycles. The van der Waals surface area contributed by atoms with Gasteiger partial charge in [-0.3, -0.25) is 4.79 Å². The molecule has 1 atom stereocenters. The summed E-state index contributed by atoms with van der Waals surface area (Å²) in [5.41, 5.74) is 7.81. The van der Waals surface area contributed by atoms with Crippen LogP contribution in [0.5, 0.6) is 0 Å². The summed E-state index contributed by atoms with van der Waals surface area (Å²) in [5, 5.41) is 3.32. The minimum Gasteiger partial charge on any atom is -0.466 e. The standard InChI is InChI=1S/C30H28N2O5/c1-6-37-29(34)19-11-13-20(14-12-19)32-16(2)15-23(18(32)4)25-24(30(35)36-5)17(3)31-27-21-9-7-8-10-22(21)28(33)26(25)27/h7-15,25,31H,6H2,1-5H3/t25-/m0/s1. The van der Waals surface area contributed by atoms with Crippen LogP contribution in [0.4, 0.5) is 0 Å². The van der Waals surface area contributed by atoms with Gasteiger partial charge >= 0.3 is 11.9 Å². The molecule has 0 amide bonds. The van der Waals surface area contributed by atoms with E-state index in [0.717, 1.165) is 33.9 Å². The van der Waals surface area contributed by atoms with Crippen molar-refractivity contribution in [1.82, 2.24) is 9.88 Å². The lowest BCUT2D eigenvalue weighted by atomic mass is 9.79. The van der Waals surface area contributed by atoms with Crippen LogP contribution in [-0.2, 0) is 14.3 Å². The highest BCUT2D eigenvalue weighted by Gasteiger charge is 2.43. The second-order valence-electron chi connectivity index (χ2n) is 9.18. The number of hydrogen-bond acceptors (Lipinski definition) is 6. The third-order valence-corrected chi connectivity index (χ3v) is 7.07. The summed E-state index contributed by atoms with van der Waals surface area (Å²) in [6.45, 7) is 7.87. The van der Waals surface area contributed by atoms with Gasteiger partial charge in [-0.1, -0.05) is 24.3 Å². The Balaban J connectivity index is 1.66. The first kappa shape index (κ1) is 24.3. The van der Waals surface area contributed by atoms with Crippen LogP contribution in [0.3, 0.4) is 0 Å². The molecule has 7 heteroatoms. The first-order valence-corrected chi connectivity index (χ1v) is 12.2. The number of rotatable bonds is 5. The fourth-order valence-electron chi connectivity index (χ4n) is 5.46. The maximum absolute atomic E-state index is 13.7. The number of aromatic nitrogens is 1. The van der Waals surface area contributed by atoms with Gasteiger partial charge in [-0.05, 0) is 63.6 Å². The SMILES string of the molecule is CCOC(=O)c1ccc(-n2c(C)cc([C@H]3C(C(=O)OC)=C(C)NC4=C3C(=O)c3ccccc34)c2C)cc1. The van der Waals surface area contributed by atoms with Crippen LogP contribution >= 0.6 is 0 Å². The second-order valence-corrected chi connectivity index (χ2v) is 9.18. The van der Waals surface area contributed by atoms with Crippen molar-refractivity contribution < 1.29 is 23.9 Å². The minimum absolute atomic E-state index is 0.0967. The fourth-order valence-corrected chi connectivity index (χ4v) is 5.46. The molecule has 1 aliphatic carbocycles. The third kappa shape index (κ3) is 3.78. The van der Waals surface area contributed by atoms with Crippen LogP contribution < -0.4 is 5.32 Å². The van der Waals surface area contributed by atoms with Crippen LogP contribution in [0.1, 0.15) is 63.0 Å². The zero-order valence-electron chi connectivity index (χ0n) is 21.5. The molecule has 1 N–H and O–H groups in total. The molecule has 188 valence electrons. The van der Waals surface area contributed by atoms with Gasteiger partial charge in [0.25, 0.3) is 0 Å². The lowest BCUT2D eigenvalue weighted by Crippen LogP contribution is -2.29. The number of ether oxygens (including phenoxy) is 2. The van der Waals surface area contributed by atoms with E-state index in [2.05, 4.69) is 9.88 Å².